The number of nitrogens with one attached hydrogen (secondary N) is 1. The van der Waals surface area contributed by atoms with E-state index in [2.05, 4.69) is 22.3 Å². The van der Waals surface area contributed by atoms with E-state index in [0.717, 1.165) is 49.1 Å². The van der Waals surface area contributed by atoms with E-state index < -0.39 is 5.60 Å². The second-order valence-corrected chi connectivity index (χ2v) is 8.81. The van der Waals surface area contributed by atoms with Crippen LogP contribution >= 0.6 is 0 Å². The van der Waals surface area contributed by atoms with Gasteiger partial charge in [0.1, 0.15) is 5.75 Å². The summed E-state index contributed by atoms with van der Waals surface area (Å²) in [5, 5.41) is 14.4. The van der Waals surface area contributed by atoms with E-state index in [1.807, 2.05) is 43.3 Å². The number of likely N-dealkylation sites (tertiary alicyclic amines) is 1. The molecule has 0 spiro atoms. The van der Waals surface area contributed by atoms with E-state index in [1.165, 1.54) is 5.56 Å². The molecule has 0 radical (unpaired) electrons. The molecule has 0 unspecified atom stereocenters. The molecular weight excluding hydrogens is 376 g/mol. The van der Waals surface area contributed by atoms with Crippen LogP contribution < -0.4 is 10.1 Å². The SMILES string of the molecule is COc1ccc([C@H]2[C@H]3CCCC[C@]3(O)CCN2CC(=O)Nc2ccc(C)cc2)cc1. The van der Waals surface area contributed by atoms with Crippen LogP contribution in [0.3, 0.4) is 0 Å². The van der Waals surface area contributed by atoms with Gasteiger partial charge in [-0.15, -0.1) is 0 Å². The van der Waals surface area contributed by atoms with Crippen molar-refractivity contribution in [2.24, 2.45) is 5.92 Å². The van der Waals surface area contributed by atoms with Crippen molar-refractivity contribution in [2.75, 3.05) is 25.5 Å². The highest BCUT2D eigenvalue weighted by atomic mass is 16.5. The van der Waals surface area contributed by atoms with Crippen molar-refractivity contribution >= 4 is 11.6 Å². The van der Waals surface area contributed by atoms with E-state index >= 15 is 0 Å². The number of piperidine rings is 1. The third-order valence-electron chi connectivity index (χ3n) is 6.81. The van der Waals surface area contributed by atoms with E-state index in [4.69, 9.17) is 4.74 Å². The Morgan fingerprint density at radius 1 is 1.13 bits per heavy atom. The Balaban J connectivity index is 1.56. The van der Waals surface area contributed by atoms with Crippen molar-refractivity contribution in [3.63, 3.8) is 0 Å². The smallest absolute Gasteiger partial charge is 0.238 e. The Bertz CT molecular complexity index is 865. The molecule has 1 aliphatic carbocycles. The summed E-state index contributed by atoms with van der Waals surface area (Å²) in [5.74, 6) is 0.941. The summed E-state index contributed by atoms with van der Waals surface area (Å²) in [5.41, 5.74) is 2.49. The average Bonchev–Trinajstić information content (AvgIpc) is 2.75. The van der Waals surface area contributed by atoms with Gasteiger partial charge in [-0.05, 0) is 56.0 Å². The fraction of sp³-hybridized carbons (Fsp3) is 0.480. The zero-order valence-corrected chi connectivity index (χ0v) is 17.9. The fourth-order valence-electron chi connectivity index (χ4n) is 5.19. The summed E-state index contributed by atoms with van der Waals surface area (Å²) < 4.78 is 5.32. The van der Waals surface area contributed by atoms with Crippen LogP contribution in [0.25, 0.3) is 0 Å². The van der Waals surface area contributed by atoms with Crippen molar-refractivity contribution in [3.8, 4) is 5.75 Å². The Hall–Kier alpha value is -2.37. The maximum absolute atomic E-state index is 12.8. The topological polar surface area (TPSA) is 61.8 Å². The first kappa shape index (κ1) is 20.9. The van der Waals surface area contributed by atoms with Gasteiger partial charge in [-0.25, -0.2) is 0 Å². The number of aliphatic hydroxyl groups is 1. The fourth-order valence-corrected chi connectivity index (χ4v) is 5.19. The molecule has 160 valence electrons. The Morgan fingerprint density at radius 2 is 1.87 bits per heavy atom. The number of ether oxygens (including phenoxy) is 1. The zero-order valence-electron chi connectivity index (χ0n) is 17.9. The molecule has 0 aromatic heterocycles. The number of aryl methyl sites for hydroxylation is 1. The van der Waals surface area contributed by atoms with Crippen LogP contribution in [-0.2, 0) is 4.79 Å². The molecule has 2 aromatic rings. The van der Waals surface area contributed by atoms with Gasteiger partial charge in [-0.2, -0.15) is 0 Å². The number of anilines is 1. The van der Waals surface area contributed by atoms with Crippen molar-refractivity contribution < 1.29 is 14.6 Å². The molecule has 0 bridgehead atoms. The Morgan fingerprint density at radius 3 is 2.57 bits per heavy atom. The number of fused-ring (bicyclic) bond motifs is 1. The largest absolute Gasteiger partial charge is 0.497 e. The normalized spacial score (nSPS) is 26.6. The number of rotatable bonds is 5. The molecule has 1 heterocycles. The number of nitrogens with zero attached hydrogens (tertiary/aromatic N) is 1. The Kier molecular flexibility index (Phi) is 6.11. The number of amides is 1. The van der Waals surface area contributed by atoms with Crippen LogP contribution in [0.15, 0.2) is 48.5 Å². The van der Waals surface area contributed by atoms with Gasteiger partial charge >= 0.3 is 0 Å². The minimum atomic E-state index is -0.632. The molecule has 4 rings (SSSR count). The van der Waals surface area contributed by atoms with Gasteiger partial charge in [-0.1, -0.05) is 42.7 Å². The lowest BCUT2D eigenvalue weighted by Gasteiger charge is -2.52. The van der Waals surface area contributed by atoms with E-state index in [0.29, 0.717) is 13.1 Å². The molecular formula is C25H32N2O3. The summed E-state index contributed by atoms with van der Waals surface area (Å²) >= 11 is 0. The first-order chi connectivity index (χ1) is 14.5. The lowest BCUT2D eigenvalue weighted by molar-refractivity contribution is -0.135. The maximum Gasteiger partial charge on any atom is 0.238 e. The number of benzene rings is 2. The first-order valence-electron chi connectivity index (χ1n) is 11.0. The van der Waals surface area contributed by atoms with E-state index in [1.54, 1.807) is 7.11 Å². The highest BCUT2D eigenvalue weighted by Gasteiger charge is 2.49. The van der Waals surface area contributed by atoms with E-state index in [-0.39, 0.29) is 17.9 Å². The van der Waals surface area contributed by atoms with Crippen LogP contribution in [0.4, 0.5) is 5.69 Å². The molecule has 2 N–H and O–H groups in total. The number of methoxy groups -OCH3 is 1. The number of hydrogen-bond donors (Lipinski definition) is 2. The average molecular weight is 409 g/mol. The van der Waals surface area contributed by atoms with Crippen LogP contribution in [0.1, 0.15) is 49.3 Å². The summed E-state index contributed by atoms with van der Waals surface area (Å²) in [6.45, 7) is 3.06. The van der Waals surface area contributed by atoms with Crippen molar-refractivity contribution in [1.29, 1.82) is 0 Å². The molecule has 5 heteroatoms. The predicted molar refractivity (Wildman–Crippen MR) is 119 cm³/mol. The summed E-state index contributed by atoms with van der Waals surface area (Å²) in [6, 6.07) is 16.0. The monoisotopic (exact) mass is 408 g/mol. The second kappa shape index (κ2) is 8.78. The molecule has 2 aliphatic rings. The quantitative estimate of drug-likeness (QED) is 0.774. The third-order valence-corrected chi connectivity index (χ3v) is 6.81. The second-order valence-electron chi connectivity index (χ2n) is 8.81. The number of carbonyl (C=O) groups is 1. The number of hydrogen-bond acceptors (Lipinski definition) is 4. The molecule has 1 aliphatic heterocycles. The Labute approximate surface area is 179 Å². The number of carbonyl (C=O) groups excluding carboxylic acids is 1. The van der Waals surface area contributed by atoms with Gasteiger partial charge in [0.2, 0.25) is 5.91 Å². The third kappa shape index (κ3) is 4.37. The summed E-state index contributed by atoms with van der Waals surface area (Å²) in [7, 11) is 1.66. The molecule has 1 saturated carbocycles. The van der Waals surface area contributed by atoms with Gasteiger partial charge in [0.15, 0.2) is 0 Å². The van der Waals surface area contributed by atoms with Gasteiger partial charge in [0, 0.05) is 24.2 Å². The minimum Gasteiger partial charge on any atom is -0.497 e. The molecule has 1 amide bonds. The molecule has 30 heavy (non-hydrogen) atoms. The summed E-state index contributed by atoms with van der Waals surface area (Å²) in [4.78, 5) is 15.1. The highest BCUT2D eigenvalue weighted by molar-refractivity contribution is 5.92. The van der Waals surface area contributed by atoms with Crippen LogP contribution in [0.5, 0.6) is 5.75 Å². The van der Waals surface area contributed by atoms with Crippen LogP contribution in [-0.4, -0.2) is 41.7 Å². The van der Waals surface area contributed by atoms with E-state index in [9.17, 15) is 9.90 Å². The van der Waals surface area contributed by atoms with Gasteiger partial charge in [-0.3, -0.25) is 9.69 Å². The van der Waals surface area contributed by atoms with Crippen molar-refractivity contribution in [3.05, 3.63) is 59.7 Å². The molecule has 2 fully saturated rings. The molecule has 3 atom stereocenters. The van der Waals surface area contributed by atoms with Gasteiger partial charge < -0.3 is 15.2 Å². The molecule has 2 aromatic carbocycles. The van der Waals surface area contributed by atoms with Crippen molar-refractivity contribution in [1.82, 2.24) is 4.90 Å². The summed E-state index contributed by atoms with van der Waals surface area (Å²) in [6.07, 6.45) is 4.78. The standard InChI is InChI=1S/C25H32N2O3/c1-18-6-10-20(11-7-18)26-23(28)17-27-16-15-25(29)14-4-3-5-22(25)24(27)19-8-12-21(30-2)13-9-19/h6-13,22,24,29H,3-5,14-17H2,1-2H3,(H,26,28)/t22-,24+,25+/m1/s1. The first-order valence-corrected chi connectivity index (χ1v) is 11.0. The van der Waals surface area contributed by atoms with Crippen molar-refractivity contribution in [2.45, 2.75) is 50.7 Å². The van der Waals surface area contributed by atoms with Crippen LogP contribution in [0, 0.1) is 12.8 Å². The lowest BCUT2D eigenvalue weighted by atomic mass is 9.66. The predicted octanol–water partition coefficient (Wildman–Crippen LogP) is 4.31. The van der Waals surface area contributed by atoms with Crippen LogP contribution in [0.2, 0.25) is 0 Å². The molecule has 5 nitrogen and oxygen atoms in total. The maximum atomic E-state index is 12.8. The lowest BCUT2D eigenvalue weighted by Crippen LogP contribution is -2.56. The van der Waals surface area contributed by atoms with Gasteiger partial charge in [0.05, 0.1) is 19.3 Å². The minimum absolute atomic E-state index is 0.0152. The zero-order chi connectivity index (χ0) is 21.1. The molecule has 1 saturated heterocycles. The highest BCUT2D eigenvalue weighted by Crippen LogP contribution is 2.49. The van der Waals surface area contributed by atoms with Gasteiger partial charge in [0.25, 0.3) is 0 Å².